The topological polar surface area (TPSA) is 91.3 Å². The fourth-order valence-corrected chi connectivity index (χ4v) is 4.97. The van der Waals surface area contributed by atoms with Crippen LogP contribution in [0.25, 0.3) is 10.9 Å². The summed E-state index contributed by atoms with van der Waals surface area (Å²) < 4.78 is 11.6. The molecule has 2 aliphatic rings. The standard InChI is InChI=1S/C25H36ClN5O4/c1-25(2,3)21-16-30(11-12-31(21)24(32)33)22-17-14-19(34-4)20(35-13-7-8-26)15-18(17)27-23(28-22)29-9-5-6-10-29/h14-15,21H,5-13,16H2,1-4H3,(H,32,33). The number of piperazine rings is 1. The van der Waals surface area contributed by atoms with Crippen LogP contribution < -0.4 is 19.3 Å². The number of alkyl halides is 1. The summed E-state index contributed by atoms with van der Waals surface area (Å²) in [7, 11) is 1.62. The highest BCUT2D eigenvalue weighted by atomic mass is 35.5. The van der Waals surface area contributed by atoms with Crippen molar-refractivity contribution in [3.8, 4) is 11.5 Å². The molecule has 1 amide bonds. The third-order valence-corrected chi connectivity index (χ3v) is 7.07. The second kappa shape index (κ2) is 10.5. The van der Waals surface area contributed by atoms with E-state index in [1.165, 1.54) is 0 Å². The Kier molecular flexibility index (Phi) is 7.64. The van der Waals surface area contributed by atoms with Gasteiger partial charge in [-0.3, -0.25) is 0 Å². The lowest BCUT2D eigenvalue weighted by molar-refractivity contribution is 0.0747. The fourth-order valence-electron chi connectivity index (χ4n) is 4.86. The number of methoxy groups -OCH3 is 1. The van der Waals surface area contributed by atoms with E-state index in [0.717, 1.165) is 49.1 Å². The predicted molar refractivity (Wildman–Crippen MR) is 139 cm³/mol. The van der Waals surface area contributed by atoms with E-state index < -0.39 is 6.09 Å². The van der Waals surface area contributed by atoms with E-state index in [2.05, 4.69) is 30.6 Å². The first-order valence-electron chi connectivity index (χ1n) is 12.3. The minimum Gasteiger partial charge on any atom is -0.493 e. The average molecular weight is 506 g/mol. The maximum Gasteiger partial charge on any atom is 0.407 e. The van der Waals surface area contributed by atoms with Crippen LogP contribution in [0.3, 0.4) is 0 Å². The Morgan fingerprint density at radius 3 is 2.49 bits per heavy atom. The SMILES string of the molecule is COc1cc2c(N3CCN(C(=O)O)C(C(C)(C)C)C3)nc(N3CCCC3)nc2cc1OCCCCl. The van der Waals surface area contributed by atoms with Crippen molar-refractivity contribution < 1.29 is 19.4 Å². The molecule has 10 heteroatoms. The number of fused-ring (bicyclic) bond motifs is 1. The number of nitrogens with zero attached hydrogens (tertiary/aromatic N) is 5. The summed E-state index contributed by atoms with van der Waals surface area (Å²) in [6.45, 7) is 10.1. The van der Waals surface area contributed by atoms with Crippen LogP contribution in [0.2, 0.25) is 0 Å². The molecule has 35 heavy (non-hydrogen) atoms. The van der Waals surface area contributed by atoms with Crippen LogP contribution in [0.4, 0.5) is 16.6 Å². The van der Waals surface area contributed by atoms with E-state index in [9.17, 15) is 9.90 Å². The van der Waals surface area contributed by atoms with Gasteiger partial charge in [0.2, 0.25) is 5.95 Å². The Bertz CT molecular complexity index is 1050. The van der Waals surface area contributed by atoms with Crippen LogP contribution >= 0.6 is 11.6 Å². The number of hydrogen-bond donors (Lipinski definition) is 1. The van der Waals surface area contributed by atoms with Gasteiger partial charge in [0.1, 0.15) is 5.82 Å². The van der Waals surface area contributed by atoms with Gasteiger partial charge >= 0.3 is 6.09 Å². The summed E-state index contributed by atoms with van der Waals surface area (Å²) in [6.07, 6.45) is 2.10. The molecule has 9 nitrogen and oxygen atoms in total. The summed E-state index contributed by atoms with van der Waals surface area (Å²) in [5.74, 6) is 3.28. The minimum absolute atomic E-state index is 0.172. The number of halogens is 1. The largest absolute Gasteiger partial charge is 0.493 e. The predicted octanol–water partition coefficient (Wildman–Crippen LogP) is 4.46. The maximum atomic E-state index is 12.0. The van der Waals surface area contributed by atoms with E-state index >= 15 is 0 Å². The summed E-state index contributed by atoms with van der Waals surface area (Å²) in [5.41, 5.74) is 0.560. The van der Waals surface area contributed by atoms with Gasteiger partial charge in [0.05, 0.1) is 25.3 Å². The van der Waals surface area contributed by atoms with Crippen molar-refractivity contribution in [3.63, 3.8) is 0 Å². The van der Waals surface area contributed by atoms with Gasteiger partial charge in [-0.2, -0.15) is 4.98 Å². The molecule has 192 valence electrons. The third-order valence-electron chi connectivity index (χ3n) is 6.80. The second-order valence-electron chi connectivity index (χ2n) is 10.3. The summed E-state index contributed by atoms with van der Waals surface area (Å²) in [5, 5.41) is 10.7. The summed E-state index contributed by atoms with van der Waals surface area (Å²) in [4.78, 5) is 27.9. The second-order valence-corrected chi connectivity index (χ2v) is 10.6. The Morgan fingerprint density at radius 1 is 1.11 bits per heavy atom. The van der Waals surface area contributed by atoms with Crippen LogP contribution in [0.15, 0.2) is 12.1 Å². The molecule has 0 bridgehead atoms. The molecule has 0 aliphatic carbocycles. The lowest BCUT2D eigenvalue weighted by Crippen LogP contribution is -2.59. The van der Waals surface area contributed by atoms with Crippen molar-refractivity contribution in [3.05, 3.63) is 12.1 Å². The zero-order valence-electron chi connectivity index (χ0n) is 21.1. The van der Waals surface area contributed by atoms with E-state index in [0.29, 0.717) is 49.6 Å². The van der Waals surface area contributed by atoms with Crippen molar-refractivity contribution in [1.82, 2.24) is 14.9 Å². The normalized spacial score (nSPS) is 18.9. The number of aromatic nitrogens is 2. The van der Waals surface area contributed by atoms with Gasteiger partial charge in [-0.05, 0) is 30.7 Å². The highest BCUT2D eigenvalue weighted by molar-refractivity contribution is 6.17. The number of ether oxygens (including phenoxy) is 2. The van der Waals surface area contributed by atoms with Crippen molar-refractivity contribution >= 4 is 40.4 Å². The quantitative estimate of drug-likeness (QED) is 0.435. The average Bonchev–Trinajstić information content (AvgIpc) is 3.37. The molecule has 0 spiro atoms. The molecule has 2 aromatic rings. The van der Waals surface area contributed by atoms with Gasteiger partial charge in [-0.25, -0.2) is 9.78 Å². The van der Waals surface area contributed by atoms with Gasteiger partial charge in [-0.1, -0.05) is 20.8 Å². The Labute approximate surface area is 212 Å². The van der Waals surface area contributed by atoms with Gasteiger partial charge in [-0.15, -0.1) is 11.6 Å². The first-order chi connectivity index (χ1) is 16.7. The highest BCUT2D eigenvalue weighted by Crippen LogP contribution is 2.38. The lowest BCUT2D eigenvalue weighted by atomic mass is 9.84. The van der Waals surface area contributed by atoms with Crippen LogP contribution in [0.5, 0.6) is 11.5 Å². The first-order valence-corrected chi connectivity index (χ1v) is 12.8. The molecule has 4 rings (SSSR count). The van der Waals surface area contributed by atoms with Crippen LogP contribution in [-0.2, 0) is 0 Å². The Hall–Kier alpha value is -2.68. The van der Waals surface area contributed by atoms with E-state index in [1.807, 2.05) is 12.1 Å². The van der Waals surface area contributed by atoms with E-state index in [4.69, 9.17) is 31.0 Å². The molecule has 1 aromatic heterocycles. The van der Waals surface area contributed by atoms with Gasteiger partial charge in [0, 0.05) is 50.1 Å². The van der Waals surface area contributed by atoms with Crippen LogP contribution in [-0.4, -0.2) is 84.4 Å². The van der Waals surface area contributed by atoms with Crippen molar-refractivity contribution in [2.24, 2.45) is 5.41 Å². The molecule has 0 radical (unpaired) electrons. The molecule has 0 saturated carbocycles. The molecular weight excluding hydrogens is 470 g/mol. The zero-order chi connectivity index (χ0) is 25.2. The van der Waals surface area contributed by atoms with Crippen molar-refractivity contribution in [2.45, 2.75) is 46.1 Å². The number of rotatable bonds is 7. The van der Waals surface area contributed by atoms with Gasteiger partial charge in [0.25, 0.3) is 0 Å². The van der Waals surface area contributed by atoms with Crippen LogP contribution in [0.1, 0.15) is 40.0 Å². The van der Waals surface area contributed by atoms with Crippen molar-refractivity contribution in [1.29, 1.82) is 0 Å². The highest BCUT2D eigenvalue weighted by Gasteiger charge is 2.39. The summed E-state index contributed by atoms with van der Waals surface area (Å²) >= 11 is 5.83. The zero-order valence-corrected chi connectivity index (χ0v) is 21.8. The molecule has 2 aliphatic heterocycles. The molecule has 1 N–H and O–H groups in total. The molecule has 3 heterocycles. The number of carbonyl (C=O) groups is 1. The van der Waals surface area contributed by atoms with E-state index in [1.54, 1.807) is 12.0 Å². The number of benzene rings is 1. The molecule has 1 unspecified atom stereocenters. The molecular formula is C25H36ClN5O4. The molecule has 2 fully saturated rings. The first kappa shape index (κ1) is 25.4. The molecule has 1 aromatic carbocycles. The van der Waals surface area contributed by atoms with Crippen LogP contribution in [0, 0.1) is 5.41 Å². The minimum atomic E-state index is -0.879. The monoisotopic (exact) mass is 505 g/mol. The van der Waals surface area contributed by atoms with Crippen molar-refractivity contribution in [2.75, 3.05) is 62.1 Å². The Balaban J connectivity index is 1.79. The number of amides is 1. The molecule has 2 saturated heterocycles. The number of hydrogen-bond acceptors (Lipinski definition) is 7. The number of carboxylic acid groups (broad SMARTS) is 1. The Morgan fingerprint density at radius 2 is 1.86 bits per heavy atom. The molecule has 1 atom stereocenters. The van der Waals surface area contributed by atoms with Gasteiger partial charge in [0.15, 0.2) is 11.5 Å². The fraction of sp³-hybridized carbons (Fsp3) is 0.640. The lowest BCUT2D eigenvalue weighted by Gasteiger charge is -2.46. The van der Waals surface area contributed by atoms with E-state index in [-0.39, 0.29) is 11.5 Å². The summed E-state index contributed by atoms with van der Waals surface area (Å²) in [6, 6.07) is 3.68. The van der Waals surface area contributed by atoms with Gasteiger partial charge < -0.3 is 29.3 Å². The smallest absolute Gasteiger partial charge is 0.407 e. The maximum absolute atomic E-state index is 12.0. The third kappa shape index (κ3) is 5.44. The number of anilines is 2.